The van der Waals surface area contributed by atoms with Crippen LogP contribution in [0.5, 0.6) is 5.88 Å². The Morgan fingerprint density at radius 2 is 1.89 bits per heavy atom. The minimum Gasteiger partial charge on any atom is -0.481 e. The summed E-state index contributed by atoms with van der Waals surface area (Å²) in [5, 5.41) is 0. The first-order valence-corrected chi connectivity index (χ1v) is 7.56. The van der Waals surface area contributed by atoms with Crippen LogP contribution >= 0.6 is 0 Å². The van der Waals surface area contributed by atoms with E-state index in [1.807, 2.05) is 12.1 Å². The molecule has 0 atom stereocenters. The van der Waals surface area contributed by atoms with Crippen LogP contribution in [0, 0.1) is 0 Å². The van der Waals surface area contributed by atoms with Crippen LogP contribution in [0.25, 0.3) is 0 Å². The maximum absolute atomic E-state index is 11.4. The molecule has 0 amide bonds. The van der Waals surface area contributed by atoms with Gasteiger partial charge in [-0.25, -0.2) is 8.42 Å². The monoisotopic (exact) mass is 271 g/mol. The van der Waals surface area contributed by atoms with Gasteiger partial charge in [0.15, 0.2) is 0 Å². The van der Waals surface area contributed by atoms with Crippen LogP contribution in [0.4, 0.5) is 5.82 Å². The maximum Gasteiger partial charge on any atom is 0.214 e. The molecule has 0 unspecified atom stereocenters. The first-order chi connectivity index (χ1) is 8.50. The fourth-order valence-corrected chi connectivity index (χ4v) is 2.77. The third-order valence-electron chi connectivity index (χ3n) is 2.95. The van der Waals surface area contributed by atoms with E-state index in [9.17, 15) is 8.42 Å². The minimum absolute atomic E-state index is 0.498. The second-order valence-corrected chi connectivity index (χ2v) is 6.17. The van der Waals surface area contributed by atoms with Gasteiger partial charge in [0, 0.05) is 32.2 Å². The lowest BCUT2D eigenvalue weighted by molar-refractivity contribution is 0.381. The van der Waals surface area contributed by atoms with Gasteiger partial charge in [0.25, 0.3) is 0 Å². The molecule has 6 nitrogen and oxygen atoms in total. The summed E-state index contributed by atoms with van der Waals surface area (Å²) in [4.78, 5) is 6.40. The molecule has 18 heavy (non-hydrogen) atoms. The molecular weight excluding hydrogens is 254 g/mol. The molecule has 0 saturated carbocycles. The van der Waals surface area contributed by atoms with Gasteiger partial charge in [-0.05, 0) is 6.07 Å². The molecule has 100 valence electrons. The van der Waals surface area contributed by atoms with Gasteiger partial charge in [-0.3, -0.25) is 0 Å². The first-order valence-electron chi connectivity index (χ1n) is 5.72. The highest BCUT2D eigenvalue weighted by Gasteiger charge is 2.23. The van der Waals surface area contributed by atoms with E-state index in [4.69, 9.17) is 4.74 Å². The molecule has 7 heteroatoms. The van der Waals surface area contributed by atoms with E-state index in [0.29, 0.717) is 32.1 Å². The van der Waals surface area contributed by atoms with Crippen molar-refractivity contribution in [3.63, 3.8) is 0 Å². The van der Waals surface area contributed by atoms with Crippen molar-refractivity contribution in [1.29, 1.82) is 0 Å². The van der Waals surface area contributed by atoms with Crippen molar-refractivity contribution in [3.05, 3.63) is 18.2 Å². The van der Waals surface area contributed by atoms with Gasteiger partial charge >= 0.3 is 0 Å². The number of rotatable bonds is 3. The number of ether oxygens (including phenoxy) is 1. The summed E-state index contributed by atoms with van der Waals surface area (Å²) in [5.74, 6) is 1.39. The van der Waals surface area contributed by atoms with Gasteiger partial charge in [0.2, 0.25) is 15.9 Å². The third kappa shape index (κ3) is 2.91. The molecule has 0 N–H and O–H groups in total. The van der Waals surface area contributed by atoms with Crippen molar-refractivity contribution < 1.29 is 13.2 Å². The fourth-order valence-electron chi connectivity index (χ4n) is 1.94. The number of hydrogen-bond donors (Lipinski definition) is 0. The zero-order chi connectivity index (χ0) is 13.2. The molecule has 0 bridgehead atoms. The van der Waals surface area contributed by atoms with Crippen LogP contribution in [-0.4, -0.2) is 57.3 Å². The standard InChI is InChI=1S/C11H17N3O3S/c1-17-11-5-3-4-10(12-11)13-6-8-14(9-7-13)18(2,15)16/h3-5H,6-9H2,1-2H3. The van der Waals surface area contributed by atoms with E-state index in [1.54, 1.807) is 13.2 Å². The Labute approximate surface area is 107 Å². The van der Waals surface area contributed by atoms with Crippen LogP contribution in [0.3, 0.4) is 0 Å². The summed E-state index contributed by atoms with van der Waals surface area (Å²) in [6, 6.07) is 5.57. The number of aromatic nitrogens is 1. The molecule has 1 aliphatic heterocycles. The number of sulfonamides is 1. The highest BCUT2D eigenvalue weighted by atomic mass is 32.2. The Morgan fingerprint density at radius 3 is 2.44 bits per heavy atom. The third-order valence-corrected chi connectivity index (χ3v) is 4.25. The summed E-state index contributed by atoms with van der Waals surface area (Å²) in [6.45, 7) is 2.29. The zero-order valence-corrected chi connectivity index (χ0v) is 11.4. The predicted molar refractivity (Wildman–Crippen MR) is 69.4 cm³/mol. The van der Waals surface area contributed by atoms with Gasteiger partial charge in [0.1, 0.15) is 5.82 Å². The van der Waals surface area contributed by atoms with E-state index in [1.165, 1.54) is 10.6 Å². The molecule has 1 aromatic heterocycles. The average molecular weight is 271 g/mol. The van der Waals surface area contributed by atoms with Gasteiger partial charge < -0.3 is 9.64 Å². The molecule has 1 aromatic rings. The number of pyridine rings is 1. The van der Waals surface area contributed by atoms with Crippen molar-refractivity contribution in [2.24, 2.45) is 0 Å². The van der Waals surface area contributed by atoms with Crippen LogP contribution in [-0.2, 0) is 10.0 Å². The SMILES string of the molecule is COc1cccc(N2CCN(S(C)(=O)=O)CC2)n1. The van der Waals surface area contributed by atoms with Crippen LogP contribution in [0.15, 0.2) is 18.2 Å². The Bertz CT molecular complexity index is 510. The molecule has 0 aromatic carbocycles. The maximum atomic E-state index is 11.4. The normalized spacial score (nSPS) is 17.8. The summed E-state index contributed by atoms with van der Waals surface area (Å²) in [5.41, 5.74) is 0. The highest BCUT2D eigenvalue weighted by molar-refractivity contribution is 7.88. The van der Waals surface area contributed by atoms with Crippen molar-refractivity contribution in [3.8, 4) is 5.88 Å². The molecule has 0 aliphatic carbocycles. The second-order valence-electron chi connectivity index (χ2n) is 4.19. The fraction of sp³-hybridized carbons (Fsp3) is 0.545. The Kier molecular flexibility index (Phi) is 3.72. The molecule has 2 heterocycles. The average Bonchev–Trinajstić information content (AvgIpc) is 2.38. The van der Waals surface area contributed by atoms with E-state index >= 15 is 0 Å². The van der Waals surface area contributed by atoms with Crippen molar-refractivity contribution in [2.75, 3.05) is 44.4 Å². The van der Waals surface area contributed by atoms with Gasteiger partial charge in [-0.15, -0.1) is 0 Å². The largest absolute Gasteiger partial charge is 0.481 e. The summed E-state index contributed by atoms with van der Waals surface area (Å²) in [6.07, 6.45) is 1.24. The minimum atomic E-state index is -3.08. The number of piperazine rings is 1. The number of anilines is 1. The molecule has 2 rings (SSSR count). The van der Waals surface area contributed by atoms with E-state index in [2.05, 4.69) is 9.88 Å². The molecule has 1 aliphatic rings. The van der Waals surface area contributed by atoms with E-state index in [0.717, 1.165) is 5.82 Å². The Balaban J connectivity index is 2.05. The summed E-state index contributed by atoms with van der Waals surface area (Å²) < 4.78 is 29.4. The molecular formula is C11H17N3O3S. The first kappa shape index (κ1) is 13.1. The summed E-state index contributed by atoms with van der Waals surface area (Å²) >= 11 is 0. The Morgan fingerprint density at radius 1 is 1.22 bits per heavy atom. The lowest BCUT2D eigenvalue weighted by Crippen LogP contribution is -2.48. The topological polar surface area (TPSA) is 62.7 Å². The zero-order valence-electron chi connectivity index (χ0n) is 10.5. The number of methoxy groups -OCH3 is 1. The smallest absolute Gasteiger partial charge is 0.214 e. The lowest BCUT2D eigenvalue weighted by atomic mass is 10.3. The molecule has 1 fully saturated rings. The van der Waals surface area contributed by atoms with Crippen molar-refractivity contribution in [1.82, 2.24) is 9.29 Å². The van der Waals surface area contributed by atoms with E-state index in [-0.39, 0.29) is 0 Å². The van der Waals surface area contributed by atoms with E-state index < -0.39 is 10.0 Å². The molecule has 0 radical (unpaired) electrons. The number of hydrogen-bond acceptors (Lipinski definition) is 5. The predicted octanol–water partition coefficient (Wildman–Crippen LogP) is 0.172. The second kappa shape index (κ2) is 5.11. The van der Waals surface area contributed by atoms with Crippen molar-refractivity contribution >= 4 is 15.8 Å². The van der Waals surface area contributed by atoms with Crippen LogP contribution < -0.4 is 9.64 Å². The highest BCUT2D eigenvalue weighted by Crippen LogP contribution is 2.17. The van der Waals surface area contributed by atoms with Gasteiger partial charge in [0.05, 0.1) is 13.4 Å². The Hall–Kier alpha value is -1.34. The summed E-state index contributed by atoms with van der Waals surface area (Å²) in [7, 11) is -1.51. The van der Waals surface area contributed by atoms with Gasteiger partial charge in [-0.2, -0.15) is 9.29 Å². The van der Waals surface area contributed by atoms with Crippen molar-refractivity contribution in [2.45, 2.75) is 0 Å². The number of nitrogens with zero attached hydrogens (tertiary/aromatic N) is 3. The quantitative estimate of drug-likeness (QED) is 0.784. The van der Waals surface area contributed by atoms with Gasteiger partial charge in [-0.1, -0.05) is 6.07 Å². The molecule has 1 saturated heterocycles. The van der Waals surface area contributed by atoms with Crippen LogP contribution in [0.1, 0.15) is 0 Å². The van der Waals surface area contributed by atoms with Crippen LogP contribution in [0.2, 0.25) is 0 Å². The molecule has 0 spiro atoms. The lowest BCUT2D eigenvalue weighted by Gasteiger charge is -2.33.